The first-order valence-corrected chi connectivity index (χ1v) is 13.3. The van der Waals surface area contributed by atoms with Crippen LogP contribution in [0, 0.1) is 19.3 Å². The number of amides is 1. The third-order valence-electron chi connectivity index (χ3n) is 7.57. The minimum absolute atomic E-state index is 0.0336. The highest BCUT2D eigenvalue weighted by molar-refractivity contribution is 6.01. The van der Waals surface area contributed by atoms with Gasteiger partial charge in [-0.2, -0.15) is 0 Å². The number of carboxylic acids is 1. The van der Waals surface area contributed by atoms with Gasteiger partial charge in [-0.1, -0.05) is 71.9 Å². The lowest BCUT2D eigenvalue weighted by atomic mass is 9.79. The van der Waals surface area contributed by atoms with E-state index in [4.69, 9.17) is 5.11 Å². The van der Waals surface area contributed by atoms with E-state index in [1.54, 1.807) is 13.1 Å². The van der Waals surface area contributed by atoms with E-state index in [-0.39, 0.29) is 11.8 Å². The Morgan fingerprint density at radius 3 is 2.42 bits per heavy atom. The molecular formula is C33H35N3O4. The monoisotopic (exact) mass is 537 g/mol. The van der Waals surface area contributed by atoms with E-state index in [9.17, 15) is 14.8 Å². The molecular weight excluding hydrogens is 502 g/mol. The number of oxime groups is 1. The second-order valence-corrected chi connectivity index (χ2v) is 10.6. The fourth-order valence-electron chi connectivity index (χ4n) is 4.97. The molecule has 0 saturated heterocycles. The number of rotatable bonds is 9. The molecule has 3 N–H and O–H groups in total. The molecule has 206 valence electrons. The number of hydrogen-bond acceptors (Lipinski definition) is 5. The van der Waals surface area contributed by atoms with Gasteiger partial charge in [0.15, 0.2) is 0 Å². The number of aryl methyl sites for hydroxylation is 2. The molecule has 3 atom stereocenters. The van der Waals surface area contributed by atoms with Crippen molar-refractivity contribution in [3.8, 4) is 0 Å². The van der Waals surface area contributed by atoms with Crippen molar-refractivity contribution in [2.45, 2.75) is 52.5 Å². The molecule has 0 fully saturated rings. The Kier molecular flexibility index (Phi) is 8.63. The lowest BCUT2D eigenvalue weighted by Gasteiger charge is -2.28. The smallest absolute Gasteiger partial charge is 0.325 e. The first kappa shape index (κ1) is 28.5. The van der Waals surface area contributed by atoms with Crippen molar-refractivity contribution in [2.75, 3.05) is 0 Å². The predicted molar refractivity (Wildman–Crippen MR) is 156 cm³/mol. The number of nitrogens with one attached hydrogen (secondary N) is 1. The maximum atomic E-state index is 12.7. The average molecular weight is 538 g/mol. The van der Waals surface area contributed by atoms with E-state index in [2.05, 4.69) is 58.8 Å². The molecule has 7 heteroatoms. The van der Waals surface area contributed by atoms with Gasteiger partial charge in [0.05, 0.1) is 11.1 Å². The van der Waals surface area contributed by atoms with Crippen LogP contribution in [-0.2, 0) is 9.59 Å². The van der Waals surface area contributed by atoms with Gasteiger partial charge < -0.3 is 15.6 Å². The summed E-state index contributed by atoms with van der Waals surface area (Å²) in [4.78, 5) is 28.1. The largest absolute Gasteiger partial charge is 0.480 e. The average Bonchev–Trinajstić information content (AvgIpc) is 2.95. The fraction of sp³-hybridized carbons (Fsp3) is 0.273. The summed E-state index contributed by atoms with van der Waals surface area (Å²) in [6.07, 6.45) is 8.48. The number of carboxylic acid groups (broad SMARTS) is 1. The Bertz CT molecular complexity index is 1490. The molecule has 7 nitrogen and oxygen atoms in total. The Balaban J connectivity index is 1.58. The lowest BCUT2D eigenvalue weighted by molar-refractivity contribution is -0.142. The summed E-state index contributed by atoms with van der Waals surface area (Å²) in [6.45, 7) is 7.26. The van der Waals surface area contributed by atoms with Gasteiger partial charge in [0, 0.05) is 29.8 Å². The fourth-order valence-corrected chi connectivity index (χ4v) is 4.97. The lowest BCUT2D eigenvalue weighted by Crippen LogP contribution is -2.45. The molecule has 2 aromatic carbocycles. The summed E-state index contributed by atoms with van der Waals surface area (Å²) in [5.41, 5.74) is 6.92. The number of pyridine rings is 1. The Morgan fingerprint density at radius 2 is 1.82 bits per heavy atom. The molecule has 1 unspecified atom stereocenters. The summed E-state index contributed by atoms with van der Waals surface area (Å²) >= 11 is 0. The Labute approximate surface area is 235 Å². The number of benzene rings is 2. The summed E-state index contributed by atoms with van der Waals surface area (Å²) in [6, 6.07) is 19.4. The van der Waals surface area contributed by atoms with Gasteiger partial charge in [0.2, 0.25) is 5.91 Å². The van der Waals surface area contributed by atoms with E-state index in [1.165, 1.54) is 6.92 Å². The Hall–Kier alpha value is -4.52. The predicted octanol–water partition coefficient (Wildman–Crippen LogP) is 6.04. The molecule has 0 radical (unpaired) electrons. The van der Waals surface area contributed by atoms with Crippen LogP contribution in [-0.4, -0.2) is 38.9 Å². The van der Waals surface area contributed by atoms with Crippen LogP contribution in [0.3, 0.4) is 0 Å². The normalized spacial score (nSPS) is 18.5. The number of nitrogens with zero attached hydrogens (tertiary/aromatic N) is 2. The molecule has 4 rings (SSSR count). The standard InChI is InChI=1S/C33H35N3O4/c1-21-7-5-6-8-28(21)29(20-30(36-40)27-15-18-34-22(2)19-27)26-11-9-24(10-12-26)25-13-16-33(4,17-14-25)32(39)35-23(3)31(37)38/h5-16,18-19,23,29,40H,17,20H2,1-4H3,(H,35,39)(H,37,38)/b36-30+/t23-,29-,33?/m0/s1. The minimum Gasteiger partial charge on any atom is -0.480 e. The van der Waals surface area contributed by atoms with Gasteiger partial charge in [0.25, 0.3) is 0 Å². The van der Waals surface area contributed by atoms with Gasteiger partial charge in [-0.3, -0.25) is 14.6 Å². The van der Waals surface area contributed by atoms with Crippen molar-refractivity contribution in [1.29, 1.82) is 0 Å². The molecule has 1 aliphatic rings. The van der Waals surface area contributed by atoms with Crippen LogP contribution in [0.15, 0.2) is 90.2 Å². The second kappa shape index (κ2) is 12.1. The highest BCUT2D eigenvalue weighted by atomic mass is 16.4. The van der Waals surface area contributed by atoms with Gasteiger partial charge >= 0.3 is 5.97 Å². The highest BCUT2D eigenvalue weighted by Crippen LogP contribution is 2.36. The number of aliphatic carboxylic acids is 1. The minimum atomic E-state index is -1.06. The quantitative estimate of drug-likeness (QED) is 0.175. The maximum Gasteiger partial charge on any atom is 0.325 e. The third kappa shape index (κ3) is 6.37. The zero-order valence-corrected chi connectivity index (χ0v) is 23.3. The summed E-state index contributed by atoms with van der Waals surface area (Å²) in [5.74, 6) is -1.41. The van der Waals surface area contributed by atoms with Crippen molar-refractivity contribution in [3.05, 3.63) is 119 Å². The van der Waals surface area contributed by atoms with Crippen molar-refractivity contribution in [3.63, 3.8) is 0 Å². The maximum absolute atomic E-state index is 12.7. The van der Waals surface area contributed by atoms with E-state index >= 15 is 0 Å². The van der Waals surface area contributed by atoms with Crippen LogP contribution < -0.4 is 5.32 Å². The zero-order valence-electron chi connectivity index (χ0n) is 23.3. The number of carbonyl (C=O) groups is 2. The molecule has 1 aliphatic carbocycles. The molecule has 1 aromatic heterocycles. The van der Waals surface area contributed by atoms with Crippen LogP contribution in [0.1, 0.15) is 66.1 Å². The number of allylic oxidation sites excluding steroid dienone is 3. The molecule has 0 spiro atoms. The molecule has 0 bridgehead atoms. The summed E-state index contributed by atoms with van der Waals surface area (Å²) < 4.78 is 0. The van der Waals surface area contributed by atoms with Crippen LogP contribution >= 0.6 is 0 Å². The van der Waals surface area contributed by atoms with Gasteiger partial charge in [-0.05, 0) is 74.1 Å². The number of hydrogen-bond donors (Lipinski definition) is 3. The molecule has 3 aromatic rings. The SMILES string of the molecule is Cc1cc(/C(C[C@@H](c2ccc(C3=CCC(C)(C(=O)N[C@@H](C)C(=O)O)C=C3)cc2)c2ccccc2C)=N/O)ccn1. The first-order chi connectivity index (χ1) is 19.1. The van der Waals surface area contributed by atoms with Crippen LogP contribution in [0.4, 0.5) is 0 Å². The van der Waals surface area contributed by atoms with Crippen molar-refractivity contribution < 1.29 is 19.9 Å². The van der Waals surface area contributed by atoms with Crippen molar-refractivity contribution in [2.24, 2.45) is 10.6 Å². The van der Waals surface area contributed by atoms with Crippen LogP contribution in [0.2, 0.25) is 0 Å². The van der Waals surface area contributed by atoms with Gasteiger partial charge in [0.1, 0.15) is 6.04 Å². The van der Waals surface area contributed by atoms with E-state index in [1.807, 2.05) is 49.4 Å². The molecule has 1 heterocycles. The van der Waals surface area contributed by atoms with E-state index in [0.29, 0.717) is 18.6 Å². The number of aromatic nitrogens is 1. The summed E-state index contributed by atoms with van der Waals surface area (Å²) in [7, 11) is 0. The van der Waals surface area contributed by atoms with E-state index in [0.717, 1.165) is 39.1 Å². The second-order valence-electron chi connectivity index (χ2n) is 10.6. The topological polar surface area (TPSA) is 112 Å². The number of carbonyl (C=O) groups excluding carboxylic acids is 1. The Morgan fingerprint density at radius 1 is 1.10 bits per heavy atom. The highest BCUT2D eigenvalue weighted by Gasteiger charge is 2.33. The van der Waals surface area contributed by atoms with Crippen molar-refractivity contribution in [1.82, 2.24) is 10.3 Å². The first-order valence-electron chi connectivity index (χ1n) is 13.3. The molecule has 40 heavy (non-hydrogen) atoms. The zero-order chi connectivity index (χ0) is 28.9. The van der Waals surface area contributed by atoms with Gasteiger partial charge in [-0.25, -0.2) is 0 Å². The van der Waals surface area contributed by atoms with Crippen LogP contribution in [0.5, 0.6) is 0 Å². The third-order valence-corrected chi connectivity index (χ3v) is 7.57. The van der Waals surface area contributed by atoms with Gasteiger partial charge in [-0.15, -0.1) is 0 Å². The molecule has 0 aliphatic heterocycles. The summed E-state index contributed by atoms with van der Waals surface area (Å²) in [5, 5.41) is 25.3. The molecule has 0 saturated carbocycles. The van der Waals surface area contributed by atoms with E-state index < -0.39 is 17.4 Å². The molecule has 1 amide bonds. The van der Waals surface area contributed by atoms with Crippen LogP contribution in [0.25, 0.3) is 5.57 Å². The van der Waals surface area contributed by atoms with Crippen molar-refractivity contribution >= 4 is 23.2 Å².